The quantitative estimate of drug-likeness (QED) is 0.689. The van der Waals surface area contributed by atoms with Crippen LogP contribution in [0.2, 0.25) is 0 Å². The molecular weight excluding hydrogens is 187 g/mol. The molecule has 0 fully saturated rings. The van der Waals surface area contributed by atoms with E-state index in [0.29, 0.717) is 0 Å². The maximum Gasteiger partial charge on any atom is 0.272 e. The Bertz CT molecular complexity index is 332. The Hall–Kier alpha value is -1.62. The van der Waals surface area contributed by atoms with Gasteiger partial charge in [0.15, 0.2) is 0 Å². The van der Waals surface area contributed by atoms with Crippen molar-refractivity contribution < 1.29 is 14.3 Å². The molecule has 0 unspecified atom stereocenters. The molecule has 1 amide bonds. The number of rotatable bonds is 2. The Labute approximate surface area is 80.9 Å². The lowest BCUT2D eigenvalue weighted by atomic mass is 10.2. The Morgan fingerprint density at radius 1 is 1.50 bits per heavy atom. The van der Waals surface area contributed by atoms with Crippen LogP contribution in [0.25, 0.3) is 0 Å². The van der Waals surface area contributed by atoms with Crippen molar-refractivity contribution in [2.45, 2.75) is 0 Å². The minimum Gasteiger partial charge on any atom is -0.507 e. The number of halogens is 1. The first-order valence-electron chi connectivity index (χ1n) is 3.98. The Balaban J connectivity index is 3.00. The molecule has 1 aromatic carbocycles. The van der Waals surface area contributed by atoms with Crippen molar-refractivity contribution in [1.29, 1.82) is 0 Å². The number of benzene rings is 1. The first-order chi connectivity index (χ1) is 6.52. The molecule has 1 aromatic rings. The van der Waals surface area contributed by atoms with Gasteiger partial charge in [-0.15, -0.1) is 0 Å². The maximum atomic E-state index is 13.1. The molecule has 0 atom stereocenters. The number of aromatic hydroxyl groups is 1. The van der Waals surface area contributed by atoms with Crippen LogP contribution < -0.4 is 5.43 Å². The van der Waals surface area contributed by atoms with E-state index in [9.17, 15) is 14.3 Å². The molecule has 76 valence electrons. The Kier molecular flexibility index (Phi) is 3.03. The standard InChI is InChI=1S/C9H11FN2O2/c1-12(2)11-9(14)8-6(10)4-3-5-7(8)13/h3-5,13H,1-2H3,(H,11,14). The smallest absolute Gasteiger partial charge is 0.272 e. The Morgan fingerprint density at radius 2 is 2.14 bits per heavy atom. The first-order valence-corrected chi connectivity index (χ1v) is 3.98. The number of hydrogen-bond donors (Lipinski definition) is 2. The van der Waals surface area contributed by atoms with Gasteiger partial charge in [0.25, 0.3) is 5.91 Å². The maximum absolute atomic E-state index is 13.1. The van der Waals surface area contributed by atoms with Crippen LogP contribution in [-0.2, 0) is 0 Å². The van der Waals surface area contributed by atoms with Gasteiger partial charge in [0.05, 0.1) is 0 Å². The molecule has 14 heavy (non-hydrogen) atoms. The van der Waals surface area contributed by atoms with E-state index in [-0.39, 0.29) is 11.3 Å². The molecule has 1 rings (SSSR count). The van der Waals surface area contributed by atoms with Crippen LogP contribution >= 0.6 is 0 Å². The van der Waals surface area contributed by atoms with Crippen molar-refractivity contribution in [3.05, 3.63) is 29.6 Å². The highest BCUT2D eigenvalue weighted by molar-refractivity contribution is 5.96. The summed E-state index contributed by atoms with van der Waals surface area (Å²) < 4.78 is 13.1. The molecule has 0 aliphatic rings. The molecule has 5 heteroatoms. The van der Waals surface area contributed by atoms with Crippen LogP contribution in [0.15, 0.2) is 18.2 Å². The van der Waals surface area contributed by atoms with E-state index in [4.69, 9.17) is 0 Å². The highest BCUT2D eigenvalue weighted by Gasteiger charge is 2.16. The lowest BCUT2D eigenvalue weighted by molar-refractivity contribution is 0.0849. The minimum absolute atomic E-state index is 0.346. The van der Waals surface area contributed by atoms with Crippen LogP contribution in [-0.4, -0.2) is 30.1 Å². The SMILES string of the molecule is CN(C)NC(=O)c1c(O)cccc1F. The number of amides is 1. The van der Waals surface area contributed by atoms with Crippen molar-refractivity contribution in [3.8, 4) is 5.75 Å². The van der Waals surface area contributed by atoms with Gasteiger partial charge in [0.1, 0.15) is 17.1 Å². The molecule has 2 N–H and O–H groups in total. The van der Waals surface area contributed by atoms with Gasteiger partial charge in [0, 0.05) is 14.1 Å². The van der Waals surface area contributed by atoms with Crippen molar-refractivity contribution in [3.63, 3.8) is 0 Å². The third-order valence-corrected chi connectivity index (χ3v) is 1.54. The van der Waals surface area contributed by atoms with Crippen molar-refractivity contribution in [2.75, 3.05) is 14.1 Å². The lowest BCUT2D eigenvalue weighted by Gasteiger charge is -2.12. The van der Waals surface area contributed by atoms with E-state index in [1.807, 2.05) is 0 Å². The number of phenols is 1. The van der Waals surface area contributed by atoms with Crippen molar-refractivity contribution >= 4 is 5.91 Å². The molecule has 4 nitrogen and oxygen atoms in total. The fourth-order valence-corrected chi connectivity index (χ4v) is 0.997. The van der Waals surface area contributed by atoms with Crippen LogP contribution in [0, 0.1) is 5.82 Å². The second-order valence-electron chi connectivity index (χ2n) is 2.97. The van der Waals surface area contributed by atoms with Crippen molar-refractivity contribution in [2.24, 2.45) is 0 Å². The van der Waals surface area contributed by atoms with Crippen LogP contribution in [0.1, 0.15) is 10.4 Å². The number of carbonyl (C=O) groups is 1. The predicted molar refractivity (Wildman–Crippen MR) is 49.2 cm³/mol. The Morgan fingerprint density at radius 3 is 2.64 bits per heavy atom. The molecular formula is C9H11FN2O2. The number of hydrogen-bond acceptors (Lipinski definition) is 3. The van der Waals surface area contributed by atoms with E-state index >= 15 is 0 Å². The van der Waals surface area contributed by atoms with Crippen molar-refractivity contribution in [1.82, 2.24) is 10.4 Å². The molecule has 0 spiro atoms. The highest BCUT2D eigenvalue weighted by atomic mass is 19.1. The molecule has 0 saturated carbocycles. The average Bonchev–Trinajstić information content (AvgIpc) is 2.01. The summed E-state index contributed by atoms with van der Waals surface area (Å²) in [5.41, 5.74) is 1.99. The van der Waals surface area contributed by atoms with Gasteiger partial charge in [-0.1, -0.05) is 6.07 Å². The number of carbonyl (C=O) groups excluding carboxylic acids is 1. The summed E-state index contributed by atoms with van der Waals surface area (Å²) >= 11 is 0. The number of nitrogens with zero attached hydrogens (tertiary/aromatic N) is 1. The molecule has 0 aliphatic carbocycles. The van der Waals surface area contributed by atoms with Gasteiger partial charge in [-0.05, 0) is 12.1 Å². The number of hydrazine groups is 1. The van der Waals surface area contributed by atoms with Gasteiger partial charge in [-0.25, -0.2) is 9.40 Å². The summed E-state index contributed by atoms with van der Waals surface area (Å²) in [5.74, 6) is -1.79. The van der Waals surface area contributed by atoms with Gasteiger partial charge in [0.2, 0.25) is 0 Å². The van der Waals surface area contributed by atoms with Crippen LogP contribution in [0.4, 0.5) is 4.39 Å². The van der Waals surface area contributed by atoms with Gasteiger partial charge in [-0.2, -0.15) is 0 Å². The van der Waals surface area contributed by atoms with E-state index in [0.717, 1.165) is 6.07 Å². The largest absolute Gasteiger partial charge is 0.507 e. The van der Waals surface area contributed by atoms with E-state index < -0.39 is 11.7 Å². The number of nitrogens with one attached hydrogen (secondary N) is 1. The summed E-state index contributed by atoms with van der Waals surface area (Å²) in [6, 6.07) is 3.70. The average molecular weight is 198 g/mol. The molecule has 0 saturated heterocycles. The predicted octanol–water partition coefficient (Wildman–Crippen LogP) is 0.738. The molecule has 0 bridgehead atoms. The fraction of sp³-hybridized carbons (Fsp3) is 0.222. The monoisotopic (exact) mass is 198 g/mol. The van der Waals surface area contributed by atoms with E-state index in [1.165, 1.54) is 17.1 Å². The summed E-state index contributed by atoms with van der Waals surface area (Å²) in [6.45, 7) is 0. The zero-order valence-corrected chi connectivity index (χ0v) is 7.91. The lowest BCUT2D eigenvalue weighted by Crippen LogP contribution is -2.36. The summed E-state index contributed by atoms with van der Waals surface area (Å²) in [7, 11) is 3.19. The minimum atomic E-state index is -0.746. The summed E-state index contributed by atoms with van der Waals surface area (Å²) in [4.78, 5) is 11.3. The fourth-order valence-electron chi connectivity index (χ4n) is 0.997. The first kappa shape index (κ1) is 10.5. The zero-order valence-electron chi connectivity index (χ0n) is 7.91. The highest BCUT2D eigenvalue weighted by Crippen LogP contribution is 2.19. The third kappa shape index (κ3) is 2.20. The second kappa shape index (κ2) is 4.06. The normalized spacial score (nSPS) is 10.3. The second-order valence-corrected chi connectivity index (χ2v) is 2.97. The van der Waals surface area contributed by atoms with E-state index in [1.54, 1.807) is 14.1 Å². The molecule has 0 aliphatic heterocycles. The van der Waals surface area contributed by atoms with Crippen LogP contribution in [0.5, 0.6) is 5.75 Å². The zero-order chi connectivity index (χ0) is 10.7. The summed E-state index contributed by atoms with van der Waals surface area (Å²) in [6.07, 6.45) is 0. The summed E-state index contributed by atoms with van der Waals surface area (Å²) in [5, 5.41) is 10.6. The van der Waals surface area contributed by atoms with Gasteiger partial charge < -0.3 is 5.11 Å². The number of phenolic OH excluding ortho intramolecular Hbond substituents is 1. The van der Waals surface area contributed by atoms with E-state index in [2.05, 4.69) is 5.43 Å². The van der Waals surface area contributed by atoms with Crippen LogP contribution in [0.3, 0.4) is 0 Å². The molecule has 0 radical (unpaired) electrons. The van der Waals surface area contributed by atoms with Gasteiger partial charge in [-0.3, -0.25) is 10.2 Å². The third-order valence-electron chi connectivity index (χ3n) is 1.54. The topological polar surface area (TPSA) is 52.6 Å². The molecule has 0 heterocycles. The van der Waals surface area contributed by atoms with Gasteiger partial charge >= 0.3 is 0 Å². The molecule has 0 aromatic heterocycles.